The lowest BCUT2D eigenvalue weighted by Crippen LogP contribution is -2.05. The van der Waals surface area contributed by atoms with Crippen LogP contribution in [-0.4, -0.2) is 74.7 Å². The Hall–Kier alpha value is -4.28. The molecule has 6 aromatic heterocycles. The molecule has 48 heavy (non-hydrogen) atoms. The normalized spacial score (nSPS) is 9.96. The maximum Gasteiger partial charge on any atom is 0.360 e. The molecule has 0 unspecified atom stereocenters. The molecular weight excluding hydrogens is 719 g/mol. The number of aromatic nitrogens is 6. The van der Waals surface area contributed by atoms with Gasteiger partial charge in [0.05, 0.1) is 51.5 Å². The Morgan fingerprint density at radius 2 is 1.06 bits per heavy atom. The lowest BCUT2D eigenvalue weighted by Gasteiger charge is -1.97. The molecule has 0 radical (unpaired) electrons. The highest BCUT2D eigenvalue weighted by atomic mass is 35.5. The Labute approximate surface area is 298 Å². The van der Waals surface area contributed by atoms with Crippen molar-refractivity contribution in [3.05, 3.63) is 86.8 Å². The minimum absolute atomic E-state index is 0.131. The predicted octanol–water partition coefficient (Wildman–Crippen LogP) is 8.45. The van der Waals surface area contributed by atoms with Crippen LogP contribution in [0.25, 0.3) is 31.7 Å². The van der Waals surface area contributed by atoms with Crippen molar-refractivity contribution < 1.29 is 28.6 Å². The van der Waals surface area contributed by atoms with Crippen molar-refractivity contribution in [3.63, 3.8) is 0 Å². The average molecular weight is 752 g/mol. The molecule has 0 spiro atoms. The summed E-state index contributed by atoms with van der Waals surface area (Å²) in [5.74, 6) is -1.29. The van der Waals surface area contributed by atoms with Crippen molar-refractivity contribution in [1.82, 2.24) is 30.6 Å². The van der Waals surface area contributed by atoms with Gasteiger partial charge in [-0.1, -0.05) is 29.8 Å². The van der Waals surface area contributed by atoms with E-state index in [2.05, 4.69) is 42.2 Å². The van der Waals surface area contributed by atoms with E-state index in [1.54, 1.807) is 55.6 Å². The molecular formula is C31H32Cl2N6O6S3. The van der Waals surface area contributed by atoms with Gasteiger partial charge in [-0.2, -0.15) is 15.3 Å². The number of aromatic amines is 3. The second-order valence-corrected chi connectivity index (χ2v) is 11.9. The summed E-state index contributed by atoms with van der Waals surface area (Å²) in [5, 5.41) is 26.2. The van der Waals surface area contributed by atoms with Crippen molar-refractivity contribution in [2.45, 2.75) is 20.8 Å². The summed E-state index contributed by atoms with van der Waals surface area (Å²) in [6.45, 7) is 6.30. The van der Waals surface area contributed by atoms with Gasteiger partial charge in [0, 0.05) is 6.38 Å². The molecule has 0 aliphatic carbocycles. The molecule has 17 heteroatoms. The van der Waals surface area contributed by atoms with E-state index in [0.717, 1.165) is 26.0 Å². The van der Waals surface area contributed by atoms with Crippen molar-refractivity contribution in [2.75, 3.05) is 26.2 Å². The molecule has 0 aliphatic rings. The summed E-state index contributed by atoms with van der Waals surface area (Å²) in [5.41, 5.74) is 3.10. The lowest BCUT2D eigenvalue weighted by molar-refractivity contribution is 0.0510. The summed E-state index contributed by atoms with van der Waals surface area (Å²) in [6, 6.07) is 15.0. The van der Waals surface area contributed by atoms with Crippen molar-refractivity contribution >= 4 is 75.1 Å². The van der Waals surface area contributed by atoms with E-state index in [1.165, 1.54) is 17.7 Å². The highest BCUT2D eigenvalue weighted by Crippen LogP contribution is 2.31. The van der Waals surface area contributed by atoms with Crippen LogP contribution in [0.4, 0.5) is 0 Å². The van der Waals surface area contributed by atoms with Crippen LogP contribution in [0.15, 0.2) is 64.7 Å². The van der Waals surface area contributed by atoms with Gasteiger partial charge < -0.3 is 14.2 Å². The molecule has 0 amide bonds. The number of carbonyl (C=O) groups excluding carboxylic acids is 3. The summed E-state index contributed by atoms with van der Waals surface area (Å²) < 4.78 is 14.5. The molecule has 3 N–H and O–H groups in total. The van der Waals surface area contributed by atoms with E-state index >= 15 is 0 Å². The van der Waals surface area contributed by atoms with Gasteiger partial charge in [-0.15, -0.1) is 45.6 Å². The first-order chi connectivity index (χ1) is 23.4. The van der Waals surface area contributed by atoms with Crippen LogP contribution in [0.2, 0.25) is 5.02 Å². The Balaban J connectivity index is 0.000000190. The third-order valence-electron chi connectivity index (χ3n) is 5.64. The van der Waals surface area contributed by atoms with Crippen LogP contribution >= 0.6 is 57.2 Å². The fraction of sp³-hybridized carbons (Fsp3) is 0.226. The topological polar surface area (TPSA) is 165 Å². The minimum atomic E-state index is -0.508. The third-order valence-corrected chi connectivity index (χ3v) is 8.70. The molecule has 254 valence electrons. The molecule has 0 aromatic carbocycles. The largest absolute Gasteiger partial charge is 0.461 e. The average Bonchev–Trinajstić information content (AvgIpc) is 3.94. The Morgan fingerprint density at radius 3 is 1.46 bits per heavy atom. The number of nitrogens with one attached hydrogen (secondary N) is 3. The Kier molecular flexibility index (Phi) is 16.0. The van der Waals surface area contributed by atoms with Gasteiger partial charge >= 0.3 is 17.9 Å². The number of rotatable bonds is 9. The van der Waals surface area contributed by atoms with Crippen LogP contribution in [-0.2, 0) is 14.2 Å². The molecule has 6 rings (SSSR count). The Bertz CT molecular complexity index is 1730. The van der Waals surface area contributed by atoms with Crippen LogP contribution in [0.1, 0.15) is 52.2 Å². The first-order valence-corrected chi connectivity index (χ1v) is 18.0. The van der Waals surface area contributed by atoms with E-state index in [0.29, 0.717) is 41.9 Å². The number of esters is 3. The smallest absolute Gasteiger partial charge is 0.360 e. The molecule has 12 nitrogen and oxygen atoms in total. The highest BCUT2D eigenvalue weighted by Gasteiger charge is 2.20. The van der Waals surface area contributed by atoms with Gasteiger partial charge in [-0.05, 0) is 67.2 Å². The SMILES string of the molecule is CCOC(=O)c1cc(-c2cccs2)[nH]n1.CCOC(=O)c1cc(-c2cccs2)[nH]n1.CCOC(=O)c1n[nH]c(-c2cccs2)c1Cl.CCl. The number of hydrogen-bond donors (Lipinski definition) is 3. The van der Waals surface area contributed by atoms with Gasteiger partial charge in [0.2, 0.25) is 0 Å². The van der Waals surface area contributed by atoms with Crippen LogP contribution < -0.4 is 0 Å². The number of hydrogen-bond acceptors (Lipinski definition) is 12. The van der Waals surface area contributed by atoms with Crippen molar-refractivity contribution in [3.8, 4) is 31.7 Å². The minimum Gasteiger partial charge on any atom is -0.461 e. The van der Waals surface area contributed by atoms with Crippen molar-refractivity contribution in [2.24, 2.45) is 0 Å². The predicted molar refractivity (Wildman–Crippen MR) is 190 cm³/mol. The second-order valence-electron chi connectivity index (χ2n) is 8.69. The monoisotopic (exact) mass is 750 g/mol. The zero-order chi connectivity index (χ0) is 34.9. The number of nitrogens with zero attached hydrogens (tertiary/aromatic N) is 3. The molecule has 0 bridgehead atoms. The fourth-order valence-corrected chi connectivity index (χ4v) is 6.06. The van der Waals surface area contributed by atoms with Gasteiger partial charge in [0.1, 0.15) is 5.02 Å². The quantitative estimate of drug-likeness (QED) is 0.0747. The van der Waals surface area contributed by atoms with E-state index < -0.39 is 17.9 Å². The fourth-order valence-electron chi connectivity index (χ4n) is 3.63. The molecule has 0 fully saturated rings. The molecule has 6 heterocycles. The summed E-state index contributed by atoms with van der Waals surface area (Å²) >= 11 is 15.4. The molecule has 0 saturated carbocycles. The number of thiophene rings is 3. The third kappa shape index (κ3) is 10.6. The maximum absolute atomic E-state index is 11.5. The van der Waals surface area contributed by atoms with Crippen LogP contribution in [0.3, 0.4) is 0 Å². The number of alkyl halides is 1. The highest BCUT2D eigenvalue weighted by molar-refractivity contribution is 7.14. The van der Waals surface area contributed by atoms with Gasteiger partial charge in [-0.3, -0.25) is 15.3 Å². The molecule has 6 aromatic rings. The first kappa shape index (κ1) is 38.2. The zero-order valence-electron chi connectivity index (χ0n) is 26.2. The van der Waals surface area contributed by atoms with E-state index in [-0.39, 0.29) is 5.69 Å². The number of H-pyrrole nitrogens is 3. The summed E-state index contributed by atoms with van der Waals surface area (Å²) in [6.07, 6.45) is 1.47. The summed E-state index contributed by atoms with van der Waals surface area (Å²) in [7, 11) is 0. The second kappa shape index (κ2) is 20.2. The first-order valence-electron chi connectivity index (χ1n) is 14.2. The van der Waals surface area contributed by atoms with Crippen LogP contribution in [0.5, 0.6) is 0 Å². The standard InChI is InChI=1S/C10H9ClN2O2S.2C10H10N2O2S.CH3Cl/c1-2-15-10(14)9-7(11)8(12-13-9)6-4-3-5-16-6;2*1-2-14-10(13)8-6-7(11-12-8)9-4-3-5-15-9;1-2/h3-5H,2H2,1H3,(H,12,13);2*3-6H,2H2,1H3,(H,11,12);1H3. The van der Waals surface area contributed by atoms with Gasteiger partial charge in [0.15, 0.2) is 17.1 Å². The zero-order valence-corrected chi connectivity index (χ0v) is 30.2. The summed E-state index contributed by atoms with van der Waals surface area (Å²) in [4.78, 5) is 37.2. The van der Waals surface area contributed by atoms with E-state index in [1.807, 2.05) is 52.5 Å². The number of carbonyl (C=O) groups is 3. The van der Waals surface area contributed by atoms with Gasteiger partial charge in [0.25, 0.3) is 0 Å². The lowest BCUT2D eigenvalue weighted by atomic mass is 10.3. The van der Waals surface area contributed by atoms with Crippen LogP contribution in [0, 0.1) is 0 Å². The molecule has 0 aliphatic heterocycles. The van der Waals surface area contributed by atoms with E-state index in [4.69, 9.17) is 25.8 Å². The molecule has 0 atom stereocenters. The van der Waals surface area contributed by atoms with Gasteiger partial charge in [-0.25, -0.2) is 14.4 Å². The Morgan fingerprint density at radius 1 is 0.646 bits per heavy atom. The molecule has 0 saturated heterocycles. The number of ether oxygens (including phenoxy) is 3. The van der Waals surface area contributed by atoms with Crippen molar-refractivity contribution in [1.29, 1.82) is 0 Å². The number of halogens is 2. The maximum atomic E-state index is 11.5. The van der Waals surface area contributed by atoms with E-state index in [9.17, 15) is 14.4 Å².